The van der Waals surface area contributed by atoms with Crippen LogP contribution in [0.15, 0.2) is 24.3 Å². The molecule has 0 amide bonds. The van der Waals surface area contributed by atoms with Crippen molar-refractivity contribution in [1.29, 1.82) is 0 Å². The van der Waals surface area contributed by atoms with E-state index in [4.69, 9.17) is 5.11 Å². The molecule has 0 saturated heterocycles. The molecular formula is C12H17NO3. The summed E-state index contributed by atoms with van der Waals surface area (Å²) >= 11 is 0. The second-order valence-electron chi connectivity index (χ2n) is 4.11. The molecule has 1 unspecified atom stereocenters. The summed E-state index contributed by atoms with van der Waals surface area (Å²) in [5, 5.41) is 18.1. The second-order valence-corrected chi connectivity index (χ2v) is 4.11. The lowest BCUT2D eigenvalue weighted by atomic mass is 10.1. The molecule has 0 fully saturated rings. The molecule has 2 N–H and O–H groups in total. The number of carboxylic acids is 1. The van der Waals surface area contributed by atoms with Crippen LogP contribution in [0.4, 0.5) is 0 Å². The first-order chi connectivity index (χ1) is 7.49. The molecular weight excluding hydrogens is 206 g/mol. The number of hydrogen-bond donors (Lipinski definition) is 2. The quantitative estimate of drug-likeness (QED) is 0.795. The predicted molar refractivity (Wildman–Crippen MR) is 61.2 cm³/mol. The average molecular weight is 223 g/mol. The van der Waals surface area contributed by atoms with E-state index in [2.05, 4.69) is 0 Å². The van der Waals surface area contributed by atoms with Crippen LogP contribution in [0, 0.1) is 5.92 Å². The number of aromatic hydroxyl groups is 1. The lowest BCUT2D eigenvalue weighted by molar-refractivity contribution is -0.141. The Labute approximate surface area is 95.1 Å². The van der Waals surface area contributed by atoms with E-state index in [-0.39, 0.29) is 11.7 Å². The van der Waals surface area contributed by atoms with Gasteiger partial charge in [-0.05, 0) is 24.7 Å². The number of phenolic OH excluding ortho intramolecular Hbond substituents is 1. The fraction of sp³-hybridized carbons (Fsp3) is 0.417. The SMILES string of the molecule is CC(CN(C)Cc1cccc(O)c1)C(=O)O. The molecule has 88 valence electrons. The van der Waals surface area contributed by atoms with Crippen molar-refractivity contribution >= 4 is 5.97 Å². The molecule has 0 radical (unpaired) electrons. The molecule has 16 heavy (non-hydrogen) atoms. The number of carboxylic acid groups (broad SMARTS) is 1. The predicted octanol–water partition coefficient (Wildman–Crippen LogP) is 1.54. The fourth-order valence-corrected chi connectivity index (χ4v) is 1.58. The molecule has 0 saturated carbocycles. The summed E-state index contributed by atoms with van der Waals surface area (Å²) in [5.41, 5.74) is 0.972. The smallest absolute Gasteiger partial charge is 0.307 e. The summed E-state index contributed by atoms with van der Waals surface area (Å²) in [6.07, 6.45) is 0. The summed E-state index contributed by atoms with van der Waals surface area (Å²) in [4.78, 5) is 12.6. The van der Waals surface area contributed by atoms with Gasteiger partial charge in [0, 0.05) is 13.1 Å². The lowest BCUT2D eigenvalue weighted by Crippen LogP contribution is -2.28. The van der Waals surface area contributed by atoms with Gasteiger partial charge in [-0.3, -0.25) is 4.79 Å². The van der Waals surface area contributed by atoms with Gasteiger partial charge in [0.05, 0.1) is 5.92 Å². The first-order valence-corrected chi connectivity index (χ1v) is 5.18. The van der Waals surface area contributed by atoms with Crippen molar-refractivity contribution in [3.8, 4) is 5.75 Å². The molecule has 0 aliphatic heterocycles. The molecule has 0 spiro atoms. The van der Waals surface area contributed by atoms with Gasteiger partial charge in [0.1, 0.15) is 5.75 Å². The zero-order chi connectivity index (χ0) is 12.1. The minimum atomic E-state index is -0.789. The number of hydrogen-bond acceptors (Lipinski definition) is 3. The van der Waals surface area contributed by atoms with E-state index < -0.39 is 5.97 Å². The number of aliphatic carboxylic acids is 1. The first kappa shape index (κ1) is 12.5. The van der Waals surface area contributed by atoms with Crippen molar-refractivity contribution in [3.63, 3.8) is 0 Å². The summed E-state index contributed by atoms with van der Waals surface area (Å²) < 4.78 is 0. The summed E-state index contributed by atoms with van der Waals surface area (Å²) in [6.45, 7) is 2.80. The zero-order valence-corrected chi connectivity index (χ0v) is 9.55. The van der Waals surface area contributed by atoms with E-state index in [1.807, 2.05) is 18.0 Å². The van der Waals surface area contributed by atoms with E-state index >= 15 is 0 Å². The number of rotatable bonds is 5. The van der Waals surface area contributed by atoms with Crippen LogP contribution >= 0.6 is 0 Å². The summed E-state index contributed by atoms with van der Waals surface area (Å²) in [6, 6.07) is 6.98. The van der Waals surface area contributed by atoms with Gasteiger partial charge < -0.3 is 15.1 Å². The highest BCUT2D eigenvalue weighted by atomic mass is 16.4. The second kappa shape index (κ2) is 5.51. The van der Waals surface area contributed by atoms with Crippen molar-refractivity contribution in [1.82, 2.24) is 4.90 Å². The third kappa shape index (κ3) is 3.90. The maximum atomic E-state index is 10.7. The Bertz CT molecular complexity index is 365. The van der Waals surface area contributed by atoms with Crippen LogP contribution < -0.4 is 0 Å². The highest BCUT2D eigenvalue weighted by Crippen LogP contribution is 2.12. The molecule has 1 atom stereocenters. The topological polar surface area (TPSA) is 60.8 Å². The van der Waals surface area contributed by atoms with E-state index in [1.165, 1.54) is 0 Å². The number of phenols is 1. The van der Waals surface area contributed by atoms with Crippen molar-refractivity contribution in [2.75, 3.05) is 13.6 Å². The fourth-order valence-electron chi connectivity index (χ4n) is 1.58. The van der Waals surface area contributed by atoms with Gasteiger partial charge in [-0.1, -0.05) is 19.1 Å². The van der Waals surface area contributed by atoms with Crippen LogP contribution in [-0.4, -0.2) is 34.7 Å². The maximum absolute atomic E-state index is 10.7. The van der Waals surface area contributed by atoms with Crippen LogP contribution in [-0.2, 0) is 11.3 Å². The molecule has 4 nitrogen and oxygen atoms in total. The van der Waals surface area contributed by atoms with Crippen molar-refractivity contribution in [2.45, 2.75) is 13.5 Å². The molecule has 0 heterocycles. The molecule has 1 rings (SSSR count). The van der Waals surface area contributed by atoms with Gasteiger partial charge in [0.2, 0.25) is 0 Å². The highest BCUT2D eigenvalue weighted by molar-refractivity contribution is 5.69. The van der Waals surface area contributed by atoms with Crippen LogP contribution in [0.3, 0.4) is 0 Å². The van der Waals surface area contributed by atoms with Crippen LogP contribution in [0.5, 0.6) is 5.75 Å². The largest absolute Gasteiger partial charge is 0.508 e. The maximum Gasteiger partial charge on any atom is 0.307 e. The zero-order valence-electron chi connectivity index (χ0n) is 9.55. The van der Waals surface area contributed by atoms with Gasteiger partial charge in [0.15, 0.2) is 0 Å². The van der Waals surface area contributed by atoms with E-state index in [9.17, 15) is 9.90 Å². The Morgan fingerprint density at radius 1 is 1.50 bits per heavy atom. The Morgan fingerprint density at radius 3 is 2.75 bits per heavy atom. The normalized spacial score (nSPS) is 12.7. The average Bonchev–Trinajstić information content (AvgIpc) is 2.16. The Balaban J connectivity index is 2.51. The standard InChI is InChI=1S/C12H17NO3/c1-9(12(15)16)7-13(2)8-10-4-3-5-11(14)6-10/h3-6,9,14H,7-8H2,1-2H3,(H,15,16). The van der Waals surface area contributed by atoms with E-state index in [1.54, 1.807) is 25.1 Å². The summed E-state index contributed by atoms with van der Waals surface area (Å²) in [5.74, 6) is -0.942. The minimum Gasteiger partial charge on any atom is -0.508 e. The third-order valence-corrected chi connectivity index (χ3v) is 2.37. The van der Waals surface area contributed by atoms with Gasteiger partial charge in [-0.25, -0.2) is 0 Å². The molecule has 0 bridgehead atoms. The van der Waals surface area contributed by atoms with Crippen LogP contribution in [0.25, 0.3) is 0 Å². The lowest BCUT2D eigenvalue weighted by Gasteiger charge is -2.19. The van der Waals surface area contributed by atoms with Gasteiger partial charge in [0.25, 0.3) is 0 Å². The minimum absolute atomic E-state index is 0.234. The van der Waals surface area contributed by atoms with Crippen molar-refractivity contribution in [3.05, 3.63) is 29.8 Å². The van der Waals surface area contributed by atoms with Crippen molar-refractivity contribution < 1.29 is 15.0 Å². The molecule has 1 aromatic rings. The molecule has 4 heteroatoms. The number of benzene rings is 1. The summed E-state index contributed by atoms with van der Waals surface area (Å²) in [7, 11) is 1.86. The highest BCUT2D eigenvalue weighted by Gasteiger charge is 2.13. The molecule has 0 aliphatic carbocycles. The molecule has 0 aromatic heterocycles. The van der Waals surface area contributed by atoms with Gasteiger partial charge in [-0.15, -0.1) is 0 Å². The van der Waals surface area contributed by atoms with Gasteiger partial charge >= 0.3 is 5.97 Å². The third-order valence-electron chi connectivity index (χ3n) is 2.37. The Morgan fingerprint density at radius 2 is 2.19 bits per heavy atom. The Kier molecular flexibility index (Phi) is 4.31. The Hall–Kier alpha value is -1.55. The van der Waals surface area contributed by atoms with Crippen LogP contribution in [0.1, 0.15) is 12.5 Å². The van der Waals surface area contributed by atoms with E-state index in [0.717, 1.165) is 5.56 Å². The van der Waals surface area contributed by atoms with Crippen LogP contribution in [0.2, 0.25) is 0 Å². The van der Waals surface area contributed by atoms with E-state index in [0.29, 0.717) is 13.1 Å². The molecule has 0 aliphatic rings. The molecule has 1 aromatic carbocycles. The van der Waals surface area contributed by atoms with Gasteiger partial charge in [-0.2, -0.15) is 0 Å². The first-order valence-electron chi connectivity index (χ1n) is 5.18. The monoisotopic (exact) mass is 223 g/mol. The van der Waals surface area contributed by atoms with Crippen molar-refractivity contribution in [2.24, 2.45) is 5.92 Å². The number of nitrogens with zero attached hydrogens (tertiary/aromatic N) is 1. The number of carbonyl (C=O) groups is 1.